The summed E-state index contributed by atoms with van der Waals surface area (Å²) in [6.07, 6.45) is 12.0. The molecule has 0 spiro atoms. The molecule has 10 nitrogen and oxygen atoms in total. The van der Waals surface area contributed by atoms with E-state index >= 15 is 0 Å². The zero-order valence-corrected chi connectivity index (χ0v) is 43.5. The third kappa shape index (κ3) is 16.3. The van der Waals surface area contributed by atoms with Gasteiger partial charge in [0.2, 0.25) is 5.78 Å². The van der Waals surface area contributed by atoms with Gasteiger partial charge in [-0.15, -0.1) is 0 Å². The van der Waals surface area contributed by atoms with Crippen molar-refractivity contribution in [3.63, 3.8) is 0 Å². The van der Waals surface area contributed by atoms with Crippen LogP contribution in [0.15, 0.2) is 47.3 Å². The number of hydrogen-bond acceptors (Lipinski definition) is 10. The average molecular weight is 855 g/mol. The van der Waals surface area contributed by atoms with E-state index in [1.165, 1.54) is 0 Å². The van der Waals surface area contributed by atoms with Crippen LogP contribution >= 0.6 is 0 Å². The molecule has 0 aromatic heterocycles. The molecule has 0 bridgehead atoms. The Balaban J connectivity index is 0.000000407. The zero-order valence-electron chi connectivity index (χ0n) is 43.5. The molecular formula is C51H90N4O6. The van der Waals surface area contributed by atoms with E-state index in [4.69, 9.17) is 9.47 Å². The number of ketones is 3. The smallest absolute Gasteiger partial charge is 0.354 e. The van der Waals surface area contributed by atoms with Crippen molar-refractivity contribution in [3.8, 4) is 0 Å². The van der Waals surface area contributed by atoms with Crippen molar-refractivity contribution in [1.29, 1.82) is 0 Å². The van der Waals surface area contributed by atoms with E-state index in [1.807, 2.05) is 6.08 Å². The number of allylic oxidation sites excluding steroid dienone is 4. The molecule has 0 amide bonds. The van der Waals surface area contributed by atoms with E-state index in [2.05, 4.69) is 198 Å². The summed E-state index contributed by atoms with van der Waals surface area (Å²) in [5.41, 5.74) is 2.80. The lowest BCUT2D eigenvalue weighted by atomic mass is 9.91. The SMILES string of the molecule is CC(C)(C)N(C1=CCCC1=O)C(C)(C)C.CC(C)(C)N(C1=CCCCC1=O)C(C)(C)C.CC(C)(C)N(C1=CCOC1=O)C(C)(C)C.CC(C)(C)N(C1=COCC1=O)C(C)(C)C. The van der Waals surface area contributed by atoms with Crippen LogP contribution in [0.2, 0.25) is 0 Å². The summed E-state index contributed by atoms with van der Waals surface area (Å²) >= 11 is 0. The van der Waals surface area contributed by atoms with Crippen LogP contribution in [-0.4, -0.2) is 100 Å². The topological polar surface area (TPSA) is 99.7 Å². The summed E-state index contributed by atoms with van der Waals surface area (Å²) in [5, 5.41) is 0. The van der Waals surface area contributed by atoms with Crippen molar-refractivity contribution in [3.05, 3.63) is 47.3 Å². The van der Waals surface area contributed by atoms with E-state index < -0.39 is 0 Å². The minimum Gasteiger partial charge on any atom is -0.491 e. The number of rotatable bonds is 4. The monoisotopic (exact) mass is 855 g/mol. The van der Waals surface area contributed by atoms with Crippen molar-refractivity contribution in [1.82, 2.24) is 19.6 Å². The molecule has 0 atom stereocenters. The molecule has 2 aliphatic heterocycles. The zero-order chi connectivity index (χ0) is 48.1. The first-order valence-corrected chi connectivity index (χ1v) is 22.5. The summed E-state index contributed by atoms with van der Waals surface area (Å²) in [6.45, 7) is 51.8. The minimum atomic E-state index is -0.208. The van der Waals surface area contributed by atoms with Gasteiger partial charge in [-0.3, -0.25) is 14.4 Å². The maximum Gasteiger partial charge on any atom is 0.354 e. The van der Waals surface area contributed by atoms with Crippen LogP contribution in [0.25, 0.3) is 0 Å². The van der Waals surface area contributed by atoms with Crippen molar-refractivity contribution >= 4 is 23.3 Å². The van der Waals surface area contributed by atoms with E-state index in [1.54, 1.807) is 6.26 Å². The highest BCUT2D eigenvalue weighted by Crippen LogP contribution is 2.36. The summed E-state index contributed by atoms with van der Waals surface area (Å²) in [6, 6.07) is 0. The highest BCUT2D eigenvalue weighted by molar-refractivity contribution is 5.98. The highest BCUT2D eigenvalue weighted by atomic mass is 16.5. The Morgan fingerprint density at radius 1 is 0.393 bits per heavy atom. The van der Waals surface area contributed by atoms with Crippen LogP contribution in [0.3, 0.4) is 0 Å². The fourth-order valence-corrected chi connectivity index (χ4v) is 9.72. The van der Waals surface area contributed by atoms with Gasteiger partial charge in [-0.1, -0.05) is 12.2 Å². The van der Waals surface area contributed by atoms with Crippen molar-refractivity contribution < 1.29 is 28.7 Å². The lowest BCUT2D eigenvalue weighted by Crippen LogP contribution is -2.53. The molecule has 2 aliphatic carbocycles. The molecule has 4 rings (SSSR count). The average Bonchev–Trinajstić information content (AvgIpc) is 3.72. The molecule has 0 saturated carbocycles. The van der Waals surface area contributed by atoms with Crippen LogP contribution in [0.4, 0.5) is 0 Å². The van der Waals surface area contributed by atoms with Crippen molar-refractivity contribution in [2.75, 3.05) is 13.2 Å². The molecule has 4 aliphatic rings. The molecule has 350 valence electrons. The molecule has 0 fully saturated rings. The number of ether oxygens (including phenoxy) is 2. The Bertz CT molecular complexity index is 1470. The third-order valence-corrected chi connectivity index (χ3v) is 9.95. The van der Waals surface area contributed by atoms with Crippen molar-refractivity contribution in [2.45, 2.75) is 243 Å². The first-order chi connectivity index (χ1) is 27.1. The predicted octanol–water partition coefficient (Wildman–Crippen LogP) is 11.3. The molecule has 0 radical (unpaired) electrons. The number of carbonyl (C=O) groups excluding carboxylic acids is 4. The standard InChI is InChI=1S/C14H25NO.C13H23NO.2C12H21NO2/c1-13(2,3)15(14(4,5)6)11-9-7-8-10-12(11)16;1-12(2,3)14(13(4,5)6)10-8-7-9-11(10)15;1-11(2,3)13(12(4,5)6)9-7-15-8-10(9)14;1-11(2,3)13(12(4,5)6)9-7-8-15-10(9)14/h9H,7-8,10H2,1-6H3;8H,7,9H2,1-6H3;2*7H,8H2,1-6H3. The van der Waals surface area contributed by atoms with Gasteiger partial charge in [0, 0.05) is 57.2 Å². The number of cyclic esters (lactones) is 1. The Kier molecular flexibility index (Phi) is 18.1. The molecule has 0 unspecified atom stereocenters. The molecule has 0 N–H and O–H groups in total. The van der Waals surface area contributed by atoms with Gasteiger partial charge in [0.05, 0.1) is 11.4 Å². The van der Waals surface area contributed by atoms with Crippen molar-refractivity contribution in [2.24, 2.45) is 0 Å². The Morgan fingerprint density at radius 3 is 0.984 bits per heavy atom. The number of esters is 1. The lowest BCUT2D eigenvalue weighted by Gasteiger charge is -2.48. The maximum atomic E-state index is 12.0. The van der Waals surface area contributed by atoms with Gasteiger partial charge in [-0.2, -0.15) is 0 Å². The highest BCUT2D eigenvalue weighted by Gasteiger charge is 2.40. The fraction of sp³-hybridized carbons (Fsp3) is 0.765. The number of nitrogens with zero attached hydrogens (tertiary/aromatic N) is 4. The largest absolute Gasteiger partial charge is 0.491 e. The van der Waals surface area contributed by atoms with Crippen LogP contribution < -0.4 is 0 Å². The summed E-state index contributed by atoms with van der Waals surface area (Å²) in [7, 11) is 0. The first kappa shape index (κ1) is 55.5. The van der Waals surface area contributed by atoms with E-state index in [9.17, 15) is 19.2 Å². The summed E-state index contributed by atoms with van der Waals surface area (Å²) in [4.78, 5) is 55.8. The molecule has 10 heteroatoms. The second kappa shape index (κ2) is 19.9. The van der Waals surface area contributed by atoms with Gasteiger partial charge < -0.3 is 29.1 Å². The molecular weight excluding hydrogens is 765 g/mol. The van der Waals surface area contributed by atoms with Gasteiger partial charge in [-0.25, -0.2) is 4.79 Å². The number of carbonyl (C=O) groups is 4. The van der Waals surface area contributed by atoms with Gasteiger partial charge in [0.15, 0.2) is 18.2 Å². The van der Waals surface area contributed by atoms with Crippen LogP contribution in [0.1, 0.15) is 198 Å². The molecule has 0 saturated heterocycles. The Labute approximate surface area is 373 Å². The van der Waals surface area contributed by atoms with E-state index in [0.29, 0.717) is 42.4 Å². The van der Waals surface area contributed by atoms with E-state index in [-0.39, 0.29) is 62.7 Å². The van der Waals surface area contributed by atoms with E-state index in [0.717, 1.165) is 30.7 Å². The predicted molar refractivity (Wildman–Crippen MR) is 253 cm³/mol. The van der Waals surface area contributed by atoms with Gasteiger partial charge >= 0.3 is 5.97 Å². The second-order valence-corrected chi connectivity index (χ2v) is 24.6. The normalized spacial score (nSPS) is 17.8. The summed E-state index contributed by atoms with van der Waals surface area (Å²) < 4.78 is 10.1. The number of Topliss-reactive ketones (excluding diaryl/α,β-unsaturated/α-hetero) is 3. The molecule has 61 heavy (non-hydrogen) atoms. The summed E-state index contributed by atoms with van der Waals surface area (Å²) in [5.74, 6) is 0.454. The Morgan fingerprint density at radius 2 is 0.721 bits per heavy atom. The van der Waals surface area contributed by atoms with Crippen LogP contribution in [0.5, 0.6) is 0 Å². The fourth-order valence-electron chi connectivity index (χ4n) is 9.72. The van der Waals surface area contributed by atoms with Gasteiger partial charge in [0.1, 0.15) is 24.3 Å². The van der Waals surface area contributed by atoms with Gasteiger partial charge in [-0.05, 0) is 192 Å². The third-order valence-electron chi connectivity index (χ3n) is 9.95. The Hall–Kier alpha value is -3.56. The van der Waals surface area contributed by atoms with Crippen LogP contribution in [-0.2, 0) is 28.7 Å². The molecule has 0 aromatic rings. The minimum absolute atomic E-state index is 0.00984. The lowest BCUT2D eigenvalue weighted by molar-refractivity contribution is -0.139. The second-order valence-electron chi connectivity index (χ2n) is 24.6. The molecule has 0 aromatic carbocycles. The van der Waals surface area contributed by atoms with Crippen LogP contribution in [0, 0.1) is 0 Å². The number of hydrogen-bond donors (Lipinski definition) is 0. The maximum absolute atomic E-state index is 12.0. The molecule has 2 heterocycles. The quantitative estimate of drug-likeness (QED) is 0.254. The van der Waals surface area contributed by atoms with Gasteiger partial charge in [0.25, 0.3) is 0 Å². The first-order valence-electron chi connectivity index (χ1n) is 22.5.